The predicted octanol–water partition coefficient (Wildman–Crippen LogP) is 3.62. The highest BCUT2D eigenvalue weighted by molar-refractivity contribution is 9.10. The predicted molar refractivity (Wildman–Crippen MR) is 87.1 cm³/mol. The first-order valence-corrected chi connectivity index (χ1v) is 7.48. The zero-order chi connectivity index (χ0) is 14.9. The van der Waals surface area contributed by atoms with Gasteiger partial charge in [0.1, 0.15) is 0 Å². The smallest absolute Gasteiger partial charge is 0.252 e. The van der Waals surface area contributed by atoms with Crippen LogP contribution < -0.4 is 0 Å². The molecule has 6 heteroatoms. The van der Waals surface area contributed by atoms with Crippen LogP contribution in [0.15, 0.2) is 65.7 Å². The molecule has 5 nitrogen and oxygen atoms in total. The van der Waals surface area contributed by atoms with Crippen molar-refractivity contribution in [1.29, 1.82) is 0 Å². The molecule has 0 unspecified atom stereocenters. The van der Waals surface area contributed by atoms with Gasteiger partial charge in [-0.05, 0) is 27.6 Å². The normalized spacial score (nSPS) is 11.0. The van der Waals surface area contributed by atoms with Gasteiger partial charge >= 0.3 is 0 Å². The van der Waals surface area contributed by atoms with Crippen LogP contribution in [-0.4, -0.2) is 24.6 Å². The summed E-state index contributed by atoms with van der Waals surface area (Å²) >= 11 is 3.40. The van der Waals surface area contributed by atoms with Gasteiger partial charge in [0, 0.05) is 40.4 Å². The first-order chi connectivity index (χ1) is 10.8. The highest BCUT2D eigenvalue weighted by Crippen LogP contribution is 2.21. The van der Waals surface area contributed by atoms with Crippen LogP contribution >= 0.6 is 15.9 Å². The molecule has 0 N–H and O–H groups in total. The van der Waals surface area contributed by atoms with Crippen molar-refractivity contribution in [2.24, 2.45) is 0 Å². The van der Waals surface area contributed by atoms with Gasteiger partial charge in [-0.25, -0.2) is 9.50 Å². The zero-order valence-corrected chi connectivity index (χ0v) is 13.0. The highest BCUT2D eigenvalue weighted by atomic mass is 79.9. The Balaban J connectivity index is 1.82. The van der Waals surface area contributed by atoms with Crippen molar-refractivity contribution in [3.8, 4) is 22.5 Å². The van der Waals surface area contributed by atoms with Crippen LogP contribution in [0.3, 0.4) is 0 Å². The minimum absolute atomic E-state index is 0.564. The molecule has 3 aromatic heterocycles. The Labute approximate surface area is 134 Å². The second-order valence-corrected chi connectivity index (χ2v) is 5.70. The Bertz CT molecular complexity index is 949. The van der Waals surface area contributed by atoms with E-state index in [0.717, 1.165) is 21.2 Å². The fourth-order valence-corrected chi connectivity index (χ4v) is 2.58. The number of aromatic nitrogens is 5. The van der Waals surface area contributed by atoms with Gasteiger partial charge in [-0.1, -0.05) is 30.3 Å². The topological polar surface area (TPSA) is 56.0 Å². The van der Waals surface area contributed by atoms with Crippen LogP contribution in [0.2, 0.25) is 0 Å². The maximum absolute atomic E-state index is 4.49. The molecular formula is C16H10BrN5. The number of pyridine rings is 1. The quantitative estimate of drug-likeness (QED) is 0.553. The SMILES string of the molecule is Brc1cncc(-c2nc3ncc(-c4ccccc4)cn3n2)c1. The lowest BCUT2D eigenvalue weighted by molar-refractivity contribution is 0.944. The van der Waals surface area contributed by atoms with E-state index in [9.17, 15) is 0 Å². The third-order valence-corrected chi connectivity index (χ3v) is 3.70. The summed E-state index contributed by atoms with van der Waals surface area (Å²) in [5.74, 6) is 1.17. The van der Waals surface area contributed by atoms with Crippen molar-refractivity contribution >= 4 is 21.7 Å². The second kappa shape index (κ2) is 5.31. The lowest BCUT2D eigenvalue weighted by Gasteiger charge is -2.00. The number of fused-ring (bicyclic) bond motifs is 1. The molecule has 0 bridgehead atoms. The lowest BCUT2D eigenvalue weighted by atomic mass is 10.1. The van der Waals surface area contributed by atoms with Crippen LogP contribution in [0, 0.1) is 0 Å². The maximum atomic E-state index is 4.49. The first kappa shape index (κ1) is 13.1. The van der Waals surface area contributed by atoms with E-state index in [0.29, 0.717) is 11.6 Å². The molecule has 0 atom stereocenters. The average molecular weight is 352 g/mol. The third-order valence-electron chi connectivity index (χ3n) is 3.26. The van der Waals surface area contributed by atoms with E-state index < -0.39 is 0 Å². The fraction of sp³-hybridized carbons (Fsp3) is 0. The van der Waals surface area contributed by atoms with Gasteiger partial charge in [-0.3, -0.25) is 4.98 Å². The molecule has 22 heavy (non-hydrogen) atoms. The van der Waals surface area contributed by atoms with Crippen molar-refractivity contribution in [3.63, 3.8) is 0 Å². The molecule has 0 radical (unpaired) electrons. The Kier molecular flexibility index (Phi) is 3.16. The third kappa shape index (κ3) is 2.37. The monoisotopic (exact) mass is 351 g/mol. The number of hydrogen-bond acceptors (Lipinski definition) is 4. The second-order valence-electron chi connectivity index (χ2n) is 4.78. The van der Waals surface area contributed by atoms with E-state index in [-0.39, 0.29) is 0 Å². The Hall–Kier alpha value is -2.60. The Morgan fingerprint density at radius 3 is 2.59 bits per heavy atom. The fourth-order valence-electron chi connectivity index (χ4n) is 2.22. The number of rotatable bonds is 2. The van der Waals surface area contributed by atoms with Gasteiger partial charge in [0.15, 0.2) is 5.82 Å². The molecule has 3 heterocycles. The maximum Gasteiger partial charge on any atom is 0.252 e. The molecule has 0 aliphatic carbocycles. The van der Waals surface area contributed by atoms with Crippen molar-refractivity contribution < 1.29 is 0 Å². The lowest BCUT2D eigenvalue weighted by Crippen LogP contribution is -1.91. The van der Waals surface area contributed by atoms with Crippen LogP contribution in [0.5, 0.6) is 0 Å². The molecule has 0 amide bonds. The molecule has 0 fully saturated rings. The molecular weight excluding hydrogens is 342 g/mol. The molecule has 4 rings (SSSR count). The molecule has 0 spiro atoms. The number of halogens is 1. The summed E-state index contributed by atoms with van der Waals surface area (Å²) in [6.45, 7) is 0. The Morgan fingerprint density at radius 2 is 1.77 bits per heavy atom. The zero-order valence-electron chi connectivity index (χ0n) is 11.4. The van der Waals surface area contributed by atoms with Crippen LogP contribution in [0.25, 0.3) is 28.3 Å². The van der Waals surface area contributed by atoms with E-state index >= 15 is 0 Å². The summed E-state index contributed by atoms with van der Waals surface area (Å²) in [6.07, 6.45) is 7.20. The van der Waals surface area contributed by atoms with Crippen molar-refractivity contribution in [3.05, 3.63) is 65.7 Å². The van der Waals surface area contributed by atoms with Crippen LogP contribution in [0.4, 0.5) is 0 Å². The number of benzene rings is 1. The first-order valence-electron chi connectivity index (χ1n) is 6.68. The molecule has 106 valence electrons. The summed E-state index contributed by atoms with van der Waals surface area (Å²) in [5, 5.41) is 4.49. The highest BCUT2D eigenvalue weighted by Gasteiger charge is 2.09. The van der Waals surface area contributed by atoms with Gasteiger partial charge in [0.2, 0.25) is 0 Å². The molecule has 0 aliphatic heterocycles. The summed E-state index contributed by atoms with van der Waals surface area (Å²) in [5.41, 5.74) is 2.94. The Morgan fingerprint density at radius 1 is 0.909 bits per heavy atom. The van der Waals surface area contributed by atoms with E-state index in [2.05, 4.69) is 36.0 Å². The van der Waals surface area contributed by atoms with Crippen molar-refractivity contribution in [2.75, 3.05) is 0 Å². The van der Waals surface area contributed by atoms with Gasteiger partial charge in [0.25, 0.3) is 5.78 Å². The van der Waals surface area contributed by atoms with Crippen LogP contribution in [-0.2, 0) is 0 Å². The van der Waals surface area contributed by atoms with E-state index in [4.69, 9.17) is 0 Å². The minimum Gasteiger partial charge on any atom is -0.263 e. The van der Waals surface area contributed by atoms with E-state index in [1.54, 1.807) is 16.9 Å². The summed E-state index contributed by atoms with van der Waals surface area (Å²) in [6, 6.07) is 12.0. The summed E-state index contributed by atoms with van der Waals surface area (Å²) < 4.78 is 2.58. The summed E-state index contributed by atoms with van der Waals surface area (Å²) in [4.78, 5) is 13.0. The van der Waals surface area contributed by atoms with Gasteiger partial charge < -0.3 is 0 Å². The van der Waals surface area contributed by atoms with Crippen molar-refractivity contribution in [2.45, 2.75) is 0 Å². The number of hydrogen-bond donors (Lipinski definition) is 0. The molecule has 0 saturated carbocycles. The average Bonchev–Trinajstić information content (AvgIpc) is 2.99. The van der Waals surface area contributed by atoms with Gasteiger partial charge in [-0.15, -0.1) is 5.10 Å². The molecule has 0 saturated heterocycles. The molecule has 4 aromatic rings. The molecule has 0 aliphatic rings. The van der Waals surface area contributed by atoms with Gasteiger partial charge in [-0.2, -0.15) is 4.98 Å². The summed E-state index contributed by atoms with van der Waals surface area (Å²) in [7, 11) is 0. The molecule has 1 aromatic carbocycles. The van der Waals surface area contributed by atoms with E-state index in [1.807, 2.05) is 48.8 Å². The number of nitrogens with zero attached hydrogens (tertiary/aromatic N) is 5. The standard InChI is InChI=1S/C16H10BrN5/c17-14-6-12(7-18-9-14)15-20-16-19-8-13(10-22(16)21-15)11-4-2-1-3-5-11/h1-10H. The van der Waals surface area contributed by atoms with Crippen LogP contribution in [0.1, 0.15) is 0 Å². The van der Waals surface area contributed by atoms with Crippen molar-refractivity contribution in [1.82, 2.24) is 24.6 Å². The largest absolute Gasteiger partial charge is 0.263 e. The van der Waals surface area contributed by atoms with E-state index in [1.165, 1.54) is 0 Å². The minimum atomic E-state index is 0.564. The van der Waals surface area contributed by atoms with Gasteiger partial charge in [0.05, 0.1) is 0 Å².